The normalized spacial score (nSPS) is 8.82. The van der Waals surface area contributed by atoms with Crippen molar-refractivity contribution in [1.82, 2.24) is 0 Å². The van der Waals surface area contributed by atoms with Gasteiger partial charge in [0.2, 0.25) is 0 Å². The zero-order valence-corrected chi connectivity index (χ0v) is 7.17. The molecule has 0 saturated carbocycles. The molecular weight excluding hydrogens is 210 g/mol. The van der Waals surface area contributed by atoms with E-state index < -0.39 is 6.09 Å². The molecule has 11 heavy (non-hydrogen) atoms. The maximum Gasteiger partial charge on any atom is 0.423 e. The van der Waals surface area contributed by atoms with Crippen LogP contribution in [0.4, 0.5) is 10.5 Å². The van der Waals surface area contributed by atoms with E-state index in [1.165, 1.54) is 0 Å². The molecule has 1 rings (SSSR count). The molecule has 0 unspecified atom stereocenters. The summed E-state index contributed by atoms with van der Waals surface area (Å²) in [5, 5.41) is 2.48. The molecule has 0 bridgehead atoms. The second-order valence-electron chi connectivity index (χ2n) is 1.86. The van der Waals surface area contributed by atoms with Gasteiger partial charge in [0, 0.05) is 5.69 Å². The second kappa shape index (κ2) is 3.98. The minimum absolute atomic E-state index is 0.531. The molecular formula is C7H6BrNO2. The molecule has 0 heterocycles. The standard InChI is InChI=1S/C7H6BrNO2/c8-11-7(10)9-6-4-2-1-3-5-6/h1-5H,(H,9,10). The van der Waals surface area contributed by atoms with Gasteiger partial charge in [-0.05, 0) is 12.1 Å². The molecule has 0 aliphatic carbocycles. The van der Waals surface area contributed by atoms with Gasteiger partial charge in [0.1, 0.15) is 0 Å². The Morgan fingerprint density at radius 2 is 2.00 bits per heavy atom. The SMILES string of the molecule is O=C(Nc1ccccc1)OBr. The molecule has 0 fully saturated rings. The average molecular weight is 216 g/mol. The molecule has 58 valence electrons. The van der Waals surface area contributed by atoms with Gasteiger partial charge < -0.3 is 3.83 Å². The van der Waals surface area contributed by atoms with Crippen LogP contribution in [0.2, 0.25) is 0 Å². The molecule has 0 aliphatic heterocycles. The molecule has 0 atom stereocenters. The van der Waals surface area contributed by atoms with Crippen LogP contribution in [0.1, 0.15) is 0 Å². The first-order valence-corrected chi connectivity index (χ1v) is 3.62. The van der Waals surface area contributed by atoms with E-state index in [-0.39, 0.29) is 0 Å². The van der Waals surface area contributed by atoms with Crippen molar-refractivity contribution in [3.63, 3.8) is 0 Å². The smallest absolute Gasteiger partial charge is 0.367 e. The van der Waals surface area contributed by atoms with E-state index in [0.717, 1.165) is 0 Å². The Bertz CT molecular complexity index is 237. The van der Waals surface area contributed by atoms with Crippen LogP contribution >= 0.6 is 16.3 Å². The number of halogens is 1. The van der Waals surface area contributed by atoms with E-state index >= 15 is 0 Å². The minimum Gasteiger partial charge on any atom is -0.367 e. The average Bonchev–Trinajstić information content (AvgIpc) is 2.06. The van der Waals surface area contributed by atoms with Crippen LogP contribution < -0.4 is 5.32 Å². The van der Waals surface area contributed by atoms with Crippen molar-refractivity contribution >= 4 is 28.0 Å². The van der Waals surface area contributed by atoms with Crippen molar-refractivity contribution in [2.45, 2.75) is 0 Å². The quantitative estimate of drug-likeness (QED) is 0.783. The topological polar surface area (TPSA) is 38.3 Å². The Morgan fingerprint density at radius 3 is 2.55 bits per heavy atom. The van der Waals surface area contributed by atoms with Gasteiger partial charge in [-0.3, -0.25) is 5.32 Å². The maximum atomic E-state index is 10.6. The van der Waals surface area contributed by atoms with Gasteiger partial charge in [-0.15, -0.1) is 0 Å². The highest BCUT2D eigenvalue weighted by molar-refractivity contribution is 9.06. The van der Waals surface area contributed by atoms with E-state index in [4.69, 9.17) is 0 Å². The third-order valence-electron chi connectivity index (χ3n) is 1.09. The number of rotatable bonds is 1. The van der Waals surface area contributed by atoms with Crippen molar-refractivity contribution < 1.29 is 8.62 Å². The Morgan fingerprint density at radius 1 is 1.36 bits per heavy atom. The van der Waals surface area contributed by atoms with E-state index in [9.17, 15) is 4.79 Å². The number of carbonyl (C=O) groups is 1. The third-order valence-corrected chi connectivity index (χ3v) is 1.38. The second-order valence-corrected chi connectivity index (χ2v) is 2.18. The number of anilines is 1. The summed E-state index contributed by atoms with van der Waals surface area (Å²) in [6, 6.07) is 9.05. The van der Waals surface area contributed by atoms with Crippen LogP contribution in [0.3, 0.4) is 0 Å². The first-order valence-electron chi connectivity index (χ1n) is 2.97. The Balaban J connectivity index is 2.58. The van der Waals surface area contributed by atoms with Crippen molar-refractivity contribution in [2.75, 3.05) is 5.32 Å². The Labute approximate surface area is 72.8 Å². The fourth-order valence-corrected chi connectivity index (χ4v) is 0.740. The zero-order chi connectivity index (χ0) is 8.10. The first kappa shape index (κ1) is 8.07. The predicted octanol–water partition coefficient (Wildman–Crippen LogP) is 2.55. The van der Waals surface area contributed by atoms with E-state index in [0.29, 0.717) is 5.69 Å². The summed E-state index contributed by atoms with van der Waals surface area (Å²) in [5.74, 6) is 0. The minimum atomic E-state index is -0.531. The molecule has 1 amide bonds. The van der Waals surface area contributed by atoms with Gasteiger partial charge in [-0.2, -0.15) is 0 Å². The zero-order valence-electron chi connectivity index (χ0n) is 5.58. The highest BCUT2D eigenvalue weighted by Gasteiger charge is 1.98. The van der Waals surface area contributed by atoms with Gasteiger partial charge in [-0.25, -0.2) is 4.79 Å². The summed E-state index contributed by atoms with van der Waals surface area (Å²) < 4.78 is 4.22. The van der Waals surface area contributed by atoms with E-state index in [2.05, 4.69) is 25.4 Å². The number of amides is 1. The largest absolute Gasteiger partial charge is 0.423 e. The van der Waals surface area contributed by atoms with E-state index in [1.807, 2.05) is 18.2 Å². The number of benzene rings is 1. The summed E-state index contributed by atoms with van der Waals surface area (Å²) >= 11 is 2.56. The number of nitrogens with one attached hydrogen (secondary N) is 1. The van der Waals surface area contributed by atoms with Gasteiger partial charge in [0.05, 0.1) is 0 Å². The molecule has 0 aromatic heterocycles. The monoisotopic (exact) mass is 215 g/mol. The molecule has 1 aromatic carbocycles. The van der Waals surface area contributed by atoms with Crippen LogP contribution in [0.15, 0.2) is 30.3 Å². The first-order chi connectivity index (χ1) is 5.33. The lowest BCUT2D eigenvalue weighted by atomic mass is 10.3. The maximum absolute atomic E-state index is 10.6. The molecule has 1 aromatic rings. The molecule has 0 aliphatic rings. The van der Waals surface area contributed by atoms with Crippen LogP contribution in [-0.4, -0.2) is 6.09 Å². The lowest BCUT2D eigenvalue weighted by molar-refractivity contribution is 0.225. The van der Waals surface area contributed by atoms with Crippen LogP contribution in [0, 0.1) is 0 Å². The Kier molecular flexibility index (Phi) is 2.92. The number of carbonyl (C=O) groups excluding carboxylic acids is 1. The van der Waals surface area contributed by atoms with Crippen molar-refractivity contribution in [2.24, 2.45) is 0 Å². The summed E-state index contributed by atoms with van der Waals surface area (Å²) in [5.41, 5.74) is 0.706. The van der Waals surface area contributed by atoms with Crippen LogP contribution in [0.25, 0.3) is 0 Å². The fraction of sp³-hybridized carbons (Fsp3) is 0. The predicted molar refractivity (Wildman–Crippen MR) is 45.5 cm³/mol. The van der Waals surface area contributed by atoms with Gasteiger partial charge in [0.15, 0.2) is 16.3 Å². The van der Waals surface area contributed by atoms with Gasteiger partial charge in [0.25, 0.3) is 0 Å². The molecule has 0 radical (unpaired) electrons. The highest BCUT2D eigenvalue weighted by atomic mass is 79.9. The van der Waals surface area contributed by atoms with Crippen LogP contribution in [0.5, 0.6) is 0 Å². The molecule has 0 spiro atoms. The Hall–Kier alpha value is -1.03. The van der Waals surface area contributed by atoms with Crippen molar-refractivity contribution in [1.29, 1.82) is 0 Å². The number of para-hydroxylation sites is 1. The summed E-state index contributed by atoms with van der Waals surface area (Å²) in [6.07, 6.45) is -0.531. The summed E-state index contributed by atoms with van der Waals surface area (Å²) in [6.45, 7) is 0. The number of hydrogen-bond donors (Lipinski definition) is 1. The highest BCUT2D eigenvalue weighted by Crippen LogP contribution is 2.05. The van der Waals surface area contributed by atoms with Gasteiger partial charge >= 0.3 is 6.09 Å². The van der Waals surface area contributed by atoms with Crippen LogP contribution in [-0.2, 0) is 3.83 Å². The molecule has 3 nitrogen and oxygen atoms in total. The number of hydrogen-bond acceptors (Lipinski definition) is 2. The molecule has 0 saturated heterocycles. The van der Waals surface area contributed by atoms with Crippen molar-refractivity contribution in [3.8, 4) is 0 Å². The fourth-order valence-electron chi connectivity index (χ4n) is 0.659. The third kappa shape index (κ3) is 2.59. The van der Waals surface area contributed by atoms with Crippen molar-refractivity contribution in [3.05, 3.63) is 30.3 Å². The summed E-state index contributed by atoms with van der Waals surface area (Å²) in [4.78, 5) is 10.6. The van der Waals surface area contributed by atoms with E-state index in [1.54, 1.807) is 12.1 Å². The molecule has 1 N–H and O–H groups in total. The lowest BCUT2D eigenvalue weighted by Gasteiger charge is -1.99. The lowest BCUT2D eigenvalue weighted by Crippen LogP contribution is -2.07. The molecule has 4 heteroatoms. The van der Waals surface area contributed by atoms with Gasteiger partial charge in [-0.1, -0.05) is 18.2 Å². The summed E-state index contributed by atoms with van der Waals surface area (Å²) in [7, 11) is 0.